The van der Waals surface area contributed by atoms with Crippen LogP contribution in [0.4, 0.5) is 0 Å². The van der Waals surface area contributed by atoms with Crippen LogP contribution in [-0.4, -0.2) is 24.4 Å². The molecule has 0 saturated heterocycles. The number of likely N-dealkylation sites (N-methyl/N-ethyl adjacent to an activating group) is 1. The summed E-state index contributed by atoms with van der Waals surface area (Å²) >= 11 is 1.73. The zero-order chi connectivity index (χ0) is 13.7. The molecule has 0 aliphatic carbocycles. The van der Waals surface area contributed by atoms with Crippen LogP contribution in [0.15, 0.2) is 41.8 Å². The third-order valence-electron chi connectivity index (χ3n) is 3.06. The molecule has 0 fully saturated rings. The largest absolute Gasteiger partial charge is 0.341 e. The Bertz CT molecular complexity index is 525. The van der Waals surface area contributed by atoms with Crippen LogP contribution in [0.1, 0.15) is 20.8 Å². The van der Waals surface area contributed by atoms with E-state index in [1.807, 2.05) is 37.4 Å². The van der Waals surface area contributed by atoms with E-state index >= 15 is 0 Å². The number of rotatable bonds is 5. The number of nitrogens with zero attached hydrogens (tertiary/aromatic N) is 1. The molecule has 20 heavy (non-hydrogen) atoms. The Hall–Kier alpha value is -1.36. The van der Waals surface area contributed by atoms with Gasteiger partial charge in [0.25, 0.3) is 5.91 Å². The van der Waals surface area contributed by atoms with Crippen molar-refractivity contribution in [2.75, 3.05) is 13.6 Å². The standard InChI is InChI=1S/C15H18N2OS.ClH/c1-17(9-8-14-3-2-10-19-14)15(18)13-6-4-12(11-16)5-7-13;/h2-7,10H,8-9,11,16H2,1H3;1H. The third-order valence-corrected chi connectivity index (χ3v) is 3.99. The molecule has 1 aromatic carbocycles. The van der Waals surface area contributed by atoms with Crippen molar-refractivity contribution in [3.05, 3.63) is 57.8 Å². The van der Waals surface area contributed by atoms with Gasteiger partial charge in [-0.3, -0.25) is 4.79 Å². The Labute approximate surface area is 129 Å². The summed E-state index contributed by atoms with van der Waals surface area (Å²) < 4.78 is 0. The minimum Gasteiger partial charge on any atom is -0.341 e. The van der Waals surface area contributed by atoms with Crippen LogP contribution in [0.5, 0.6) is 0 Å². The Kier molecular flexibility index (Phi) is 6.71. The molecule has 5 heteroatoms. The van der Waals surface area contributed by atoms with Crippen molar-refractivity contribution in [3.8, 4) is 0 Å². The maximum atomic E-state index is 12.2. The summed E-state index contributed by atoms with van der Waals surface area (Å²) in [6.07, 6.45) is 0.904. The Balaban J connectivity index is 0.00000200. The maximum absolute atomic E-state index is 12.2. The normalized spacial score (nSPS) is 9.90. The molecule has 2 aromatic rings. The van der Waals surface area contributed by atoms with Gasteiger partial charge in [0, 0.05) is 30.6 Å². The first-order valence-electron chi connectivity index (χ1n) is 6.27. The fraction of sp³-hybridized carbons (Fsp3) is 0.267. The Morgan fingerprint density at radius 3 is 2.50 bits per heavy atom. The predicted molar refractivity (Wildman–Crippen MR) is 86.6 cm³/mol. The van der Waals surface area contributed by atoms with E-state index in [-0.39, 0.29) is 18.3 Å². The van der Waals surface area contributed by atoms with Gasteiger partial charge >= 0.3 is 0 Å². The van der Waals surface area contributed by atoms with Crippen molar-refractivity contribution in [1.29, 1.82) is 0 Å². The first kappa shape index (κ1) is 16.7. The zero-order valence-electron chi connectivity index (χ0n) is 11.4. The topological polar surface area (TPSA) is 46.3 Å². The third kappa shape index (κ3) is 4.34. The van der Waals surface area contributed by atoms with Crippen molar-refractivity contribution >= 4 is 29.7 Å². The highest BCUT2D eigenvalue weighted by Crippen LogP contribution is 2.11. The van der Waals surface area contributed by atoms with Crippen molar-refractivity contribution in [2.45, 2.75) is 13.0 Å². The number of hydrogen-bond donors (Lipinski definition) is 1. The lowest BCUT2D eigenvalue weighted by molar-refractivity contribution is 0.0797. The summed E-state index contributed by atoms with van der Waals surface area (Å²) in [5.74, 6) is 0.0557. The summed E-state index contributed by atoms with van der Waals surface area (Å²) in [4.78, 5) is 15.3. The van der Waals surface area contributed by atoms with Crippen molar-refractivity contribution < 1.29 is 4.79 Å². The van der Waals surface area contributed by atoms with Gasteiger partial charge in [0.15, 0.2) is 0 Å². The van der Waals surface area contributed by atoms with Crippen LogP contribution in [0.2, 0.25) is 0 Å². The lowest BCUT2D eigenvalue weighted by Gasteiger charge is -2.16. The van der Waals surface area contributed by atoms with Crippen LogP contribution in [0, 0.1) is 0 Å². The highest BCUT2D eigenvalue weighted by molar-refractivity contribution is 7.09. The van der Waals surface area contributed by atoms with E-state index in [9.17, 15) is 4.79 Å². The zero-order valence-corrected chi connectivity index (χ0v) is 13.0. The molecule has 0 atom stereocenters. The number of halogens is 1. The molecule has 1 amide bonds. The molecule has 1 heterocycles. The lowest BCUT2D eigenvalue weighted by Crippen LogP contribution is -2.28. The molecule has 0 saturated carbocycles. The Morgan fingerprint density at radius 1 is 1.25 bits per heavy atom. The second kappa shape index (κ2) is 8.04. The molecule has 0 aliphatic rings. The molecular formula is C15H19ClN2OS. The highest BCUT2D eigenvalue weighted by Gasteiger charge is 2.11. The van der Waals surface area contributed by atoms with Crippen LogP contribution >= 0.6 is 23.7 Å². The maximum Gasteiger partial charge on any atom is 0.253 e. The summed E-state index contributed by atoms with van der Waals surface area (Å²) in [7, 11) is 1.84. The minimum absolute atomic E-state index is 0. The van der Waals surface area contributed by atoms with E-state index < -0.39 is 0 Å². The summed E-state index contributed by atoms with van der Waals surface area (Å²) in [6.45, 7) is 1.24. The summed E-state index contributed by atoms with van der Waals surface area (Å²) in [6, 6.07) is 11.6. The molecule has 108 valence electrons. The van der Waals surface area contributed by atoms with Gasteiger partial charge < -0.3 is 10.6 Å². The minimum atomic E-state index is 0. The number of hydrogen-bond acceptors (Lipinski definition) is 3. The van der Waals surface area contributed by atoms with Gasteiger partial charge in [0.2, 0.25) is 0 Å². The molecule has 3 nitrogen and oxygen atoms in total. The fourth-order valence-corrected chi connectivity index (χ4v) is 2.54. The number of carbonyl (C=O) groups excluding carboxylic acids is 1. The molecule has 0 unspecified atom stereocenters. The van der Waals surface area contributed by atoms with Gasteiger partial charge in [-0.05, 0) is 35.6 Å². The van der Waals surface area contributed by atoms with E-state index in [0.717, 1.165) is 18.5 Å². The number of nitrogens with two attached hydrogens (primary N) is 1. The number of thiophene rings is 1. The van der Waals surface area contributed by atoms with E-state index in [4.69, 9.17) is 5.73 Å². The average molecular weight is 311 g/mol. The SMILES string of the molecule is CN(CCc1cccs1)C(=O)c1ccc(CN)cc1.Cl. The van der Waals surface area contributed by atoms with Crippen LogP contribution in [0.3, 0.4) is 0 Å². The smallest absolute Gasteiger partial charge is 0.253 e. The summed E-state index contributed by atoms with van der Waals surface area (Å²) in [5, 5.41) is 2.06. The van der Waals surface area contributed by atoms with Crippen molar-refractivity contribution in [2.24, 2.45) is 5.73 Å². The molecular weight excluding hydrogens is 292 g/mol. The first-order valence-corrected chi connectivity index (χ1v) is 7.15. The fourth-order valence-electron chi connectivity index (χ4n) is 1.84. The van der Waals surface area contributed by atoms with Gasteiger partial charge in [-0.1, -0.05) is 18.2 Å². The molecule has 2 rings (SSSR count). The van der Waals surface area contributed by atoms with E-state index in [2.05, 4.69) is 11.4 Å². The molecule has 1 aromatic heterocycles. The van der Waals surface area contributed by atoms with Gasteiger partial charge in [0.1, 0.15) is 0 Å². The van der Waals surface area contributed by atoms with Gasteiger partial charge in [-0.25, -0.2) is 0 Å². The van der Waals surface area contributed by atoms with Gasteiger partial charge in [-0.15, -0.1) is 23.7 Å². The van der Waals surface area contributed by atoms with E-state index in [1.54, 1.807) is 16.2 Å². The first-order chi connectivity index (χ1) is 9.20. The molecule has 0 aliphatic heterocycles. The van der Waals surface area contributed by atoms with Crippen LogP contribution in [0.25, 0.3) is 0 Å². The molecule has 0 spiro atoms. The quantitative estimate of drug-likeness (QED) is 0.923. The van der Waals surface area contributed by atoms with E-state index in [0.29, 0.717) is 12.1 Å². The van der Waals surface area contributed by atoms with E-state index in [1.165, 1.54) is 4.88 Å². The second-order valence-electron chi connectivity index (χ2n) is 4.46. The monoisotopic (exact) mass is 310 g/mol. The highest BCUT2D eigenvalue weighted by atomic mass is 35.5. The lowest BCUT2D eigenvalue weighted by atomic mass is 10.1. The van der Waals surface area contributed by atoms with Crippen molar-refractivity contribution in [1.82, 2.24) is 4.90 Å². The summed E-state index contributed by atoms with van der Waals surface area (Å²) in [5.41, 5.74) is 7.30. The Morgan fingerprint density at radius 2 is 1.95 bits per heavy atom. The second-order valence-corrected chi connectivity index (χ2v) is 5.49. The molecule has 2 N–H and O–H groups in total. The average Bonchev–Trinajstić information content (AvgIpc) is 2.97. The molecule has 0 bridgehead atoms. The van der Waals surface area contributed by atoms with Crippen LogP contribution in [-0.2, 0) is 13.0 Å². The van der Waals surface area contributed by atoms with Gasteiger partial charge in [-0.2, -0.15) is 0 Å². The molecule has 0 radical (unpaired) electrons. The van der Waals surface area contributed by atoms with Crippen LogP contribution < -0.4 is 5.73 Å². The number of amides is 1. The van der Waals surface area contributed by atoms with Crippen molar-refractivity contribution in [3.63, 3.8) is 0 Å². The predicted octanol–water partition coefficient (Wildman–Crippen LogP) is 2.94. The number of benzene rings is 1. The van der Waals surface area contributed by atoms with Gasteiger partial charge in [0.05, 0.1) is 0 Å². The number of carbonyl (C=O) groups is 1.